The Morgan fingerprint density at radius 2 is 2.13 bits per heavy atom. The number of aromatic amines is 1. The minimum atomic E-state index is -0.277. The predicted octanol–water partition coefficient (Wildman–Crippen LogP) is 3.61. The van der Waals surface area contributed by atoms with Crippen LogP contribution in [0.3, 0.4) is 0 Å². The number of rotatable bonds is 3. The topological polar surface area (TPSA) is 36.1 Å². The minimum Gasteiger partial charge on any atom is -0.361 e. The number of halogens is 1. The second-order valence-corrected chi connectivity index (χ2v) is 6.19. The van der Waals surface area contributed by atoms with Crippen molar-refractivity contribution in [2.24, 2.45) is 0 Å². The van der Waals surface area contributed by atoms with Crippen LogP contribution < -0.4 is 0 Å². The Labute approximate surface area is 133 Å². The van der Waals surface area contributed by atoms with Crippen LogP contribution in [0.25, 0.3) is 10.9 Å². The average molecular weight is 308 g/mol. The third-order valence-corrected chi connectivity index (χ3v) is 4.62. The van der Waals surface area contributed by atoms with Crippen LogP contribution in [0.5, 0.6) is 0 Å². The molecule has 0 bridgehead atoms. The summed E-state index contributed by atoms with van der Waals surface area (Å²) in [4.78, 5) is 17.5. The van der Waals surface area contributed by atoms with Crippen molar-refractivity contribution >= 4 is 16.8 Å². The van der Waals surface area contributed by atoms with Crippen molar-refractivity contribution in [3.05, 3.63) is 71.2 Å². The van der Waals surface area contributed by atoms with Crippen LogP contribution >= 0.6 is 0 Å². The summed E-state index contributed by atoms with van der Waals surface area (Å²) in [6.07, 6.45) is 2.61. The van der Waals surface area contributed by atoms with Crippen LogP contribution in [0.2, 0.25) is 0 Å². The zero-order valence-electron chi connectivity index (χ0n) is 12.8. The molecule has 0 fully saturated rings. The lowest BCUT2D eigenvalue weighted by Gasteiger charge is -2.32. The highest BCUT2D eigenvalue weighted by molar-refractivity contribution is 5.87. The van der Waals surface area contributed by atoms with Gasteiger partial charge in [0.25, 0.3) is 0 Å². The number of hydrogen-bond donors (Lipinski definition) is 1. The maximum absolute atomic E-state index is 13.4. The van der Waals surface area contributed by atoms with Gasteiger partial charge in [-0.25, -0.2) is 4.39 Å². The highest BCUT2D eigenvalue weighted by Crippen LogP contribution is 2.36. The number of H-pyrrole nitrogens is 1. The second-order valence-electron chi connectivity index (χ2n) is 6.19. The number of carbonyl (C=O) groups excluding carboxylic acids is 1. The molecule has 1 unspecified atom stereocenters. The molecule has 0 saturated heterocycles. The molecule has 1 atom stereocenters. The lowest BCUT2D eigenvalue weighted by molar-refractivity contribution is -0.132. The number of carbonyl (C=O) groups is 1. The Morgan fingerprint density at radius 3 is 3.00 bits per heavy atom. The summed E-state index contributed by atoms with van der Waals surface area (Å²) in [6, 6.07) is 12.9. The van der Waals surface area contributed by atoms with Gasteiger partial charge in [-0.2, -0.15) is 0 Å². The third kappa shape index (κ3) is 2.40. The van der Waals surface area contributed by atoms with Crippen LogP contribution in [0.15, 0.2) is 48.7 Å². The summed E-state index contributed by atoms with van der Waals surface area (Å²) < 4.78 is 13.4. The molecule has 0 aliphatic heterocycles. The van der Waals surface area contributed by atoms with E-state index in [2.05, 4.69) is 11.1 Å². The molecule has 4 heteroatoms. The number of likely N-dealkylation sites (N-methyl/N-ethyl adjacent to an activating group) is 1. The van der Waals surface area contributed by atoms with Crippen LogP contribution in [-0.4, -0.2) is 22.8 Å². The molecule has 1 aliphatic rings. The van der Waals surface area contributed by atoms with Crippen molar-refractivity contribution in [2.45, 2.75) is 18.9 Å². The lowest BCUT2D eigenvalue weighted by Crippen LogP contribution is -2.36. The molecule has 1 aliphatic carbocycles. The van der Waals surface area contributed by atoms with Gasteiger partial charge in [0.15, 0.2) is 0 Å². The number of hydrogen-bond acceptors (Lipinski definition) is 1. The Hall–Kier alpha value is -2.62. The van der Waals surface area contributed by atoms with Gasteiger partial charge in [-0.05, 0) is 52.8 Å². The zero-order chi connectivity index (χ0) is 16.0. The normalized spacial score (nSPS) is 16.0. The third-order valence-electron chi connectivity index (χ3n) is 4.62. The molecule has 23 heavy (non-hydrogen) atoms. The lowest BCUT2D eigenvalue weighted by atomic mass is 9.76. The number of fused-ring (bicyclic) bond motifs is 2. The van der Waals surface area contributed by atoms with E-state index in [1.165, 1.54) is 12.1 Å². The molecule has 1 N–H and O–H groups in total. The van der Waals surface area contributed by atoms with Gasteiger partial charge in [0.05, 0.1) is 5.92 Å². The maximum Gasteiger partial charge on any atom is 0.230 e. The fourth-order valence-electron chi connectivity index (χ4n) is 3.31. The second kappa shape index (κ2) is 5.23. The van der Waals surface area contributed by atoms with Gasteiger partial charge < -0.3 is 9.88 Å². The summed E-state index contributed by atoms with van der Waals surface area (Å²) in [6.45, 7) is 0.551. The van der Waals surface area contributed by atoms with E-state index in [1.54, 1.807) is 18.0 Å². The molecular formula is C19H17FN2O. The average Bonchev–Trinajstić information content (AvgIpc) is 2.98. The van der Waals surface area contributed by atoms with E-state index in [4.69, 9.17) is 0 Å². The van der Waals surface area contributed by atoms with E-state index in [-0.39, 0.29) is 17.6 Å². The Bertz CT molecular complexity index is 899. The molecule has 3 aromatic rings. The number of nitrogens with zero attached hydrogens (tertiary/aromatic N) is 1. The zero-order valence-corrected chi connectivity index (χ0v) is 12.8. The number of aromatic nitrogens is 1. The molecule has 1 amide bonds. The van der Waals surface area contributed by atoms with Crippen molar-refractivity contribution < 1.29 is 9.18 Å². The first kappa shape index (κ1) is 14.0. The maximum atomic E-state index is 13.4. The fraction of sp³-hybridized carbons (Fsp3) is 0.211. The Kier molecular flexibility index (Phi) is 3.18. The van der Waals surface area contributed by atoms with E-state index in [0.717, 1.165) is 27.6 Å². The highest BCUT2D eigenvalue weighted by Gasteiger charge is 2.34. The molecule has 4 rings (SSSR count). The molecular weight excluding hydrogens is 291 g/mol. The fourth-order valence-corrected chi connectivity index (χ4v) is 3.31. The van der Waals surface area contributed by atoms with Crippen molar-refractivity contribution in [3.63, 3.8) is 0 Å². The van der Waals surface area contributed by atoms with E-state index < -0.39 is 0 Å². The summed E-state index contributed by atoms with van der Waals surface area (Å²) in [5, 5.41) is 1.16. The van der Waals surface area contributed by atoms with Crippen LogP contribution in [0.4, 0.5) is 4.39 Å². The molecule has 0 radical (unpaired) electrons. The van der Waals surface area contributed by atoms with Gasteiger partial charge in [-0.1, -0.05) is 18.2 Å². The molecule has 2 aromatic carbocycles. The standard InChI is InChI=1S/C19H17FN2O/c1-22(11-12-2-3-13-6-7-21-18(13)8-12)19(23)17-9-14-4-5-15(20)10-16(14)17/h2-8,10,17,21H,9,11H2,1H3. The van der Waals surface area contributed by atoms with E-state index >= 15 is 0 Å². The van der Waals surface area contributed by atoms with E-state index in [9.17, 15) is 9.18 Å². The smallest absolute Gasteiger partial charge is 0.230 e. The molecule has 3 nitrogen and oxygen atoms in total. The van der Waals surface area contributed by atoms with Gasteiger partial charge in [0, 0.05) is 25.3 Å². The van der Waals surface area contributed by atoms with Crippen molar-refractivity contribution in [1.82, 2.24) is 9.88 Å². The van der Waals surface area contributed by atoms with Gasteiger partial charge >= 0.3 is 0 Å². The molecule has 1 aromatic heterocycles. The largest absolute Gasteiger partial charge is 0.361 e. The minimum absolute atomic E-state index is 0.0506. The molecule has 0 saturated carbocycles. The molecule has 0 spiro atoms. The van der Waals surface area contributed by atoms with Crippen LogP contribution in [0.1, 0.15) is 22.6 Å². The van der Waals surface area contributed by atoms with Crippen molar-refractivity contribution in [1.29, 1.82) is 0 Å². The Morgan fingerprint density at radius 1 is 1.26 bits per heavy atom. The summed E-state index contributed by atoms with van der Waals surface area (Å²) in [5.41, 5.74) is 4.06. The predicted molar refractivity (Wildman–Crippen MR) is 87.6 cm³/mol. The first-order valence-corrected chi connectivity index (χ1v) is 7.71. The SMILES string of the molecule is CN(Cc1ccc2cc[nH]c2c1)C(=O)C1Cc2ccc(F)cc21. The van der Waals surface area contributed by atoms with Gasteiger partial charge in [0.2, 0.25) is 5.91 Å². The van der Waals surface area contributed by atoms with Gasteiger partial charge in [0.1, 0.15) is 5.82 Å². The quantitative estimate of drug-likeness (QED) is 0.788. The highest BCUT2D eigenvalue weighted by atomic mass is 19.1. The van der Waals surface area contributed by atoms with E-state index in [1.807, 2.05) is 24.4 Å². The van der Waals surface area contributed by atoms with Gasteiger partial charge in [-0.15, -0.1) is 0 Å². The van der Waals surface area contributed by atoms with Gasteiger partial charge in [-0.3, -0.25) is 4.79 Å². The monoisotopic (exact) mass is 308 g/mol. The Balaban J connectivity index is 1.50. The van der Waals surface area contributed by atoms with Crippen molar-refractivity contribution in [2.75, 3.05) is 7.05 Å². The van der Waals surface area contributed by atoms with Crippen LogP contribution in [0, 0.1) is 5.82 Å². The molecule has 1 heterocycles. The first-order chi connectivity index (χ1) is 11.1. The summed E-state index contributed by atoms with van der Waals surface area (Å²) in [7, 11) is 1.80. The first-order valence-electron chi connectivity index (χ1n) is 7.71. The number of amides is 1. The summed E-state index contributed by atoms with van der Waals surface area (Å²) in [5.74, 6) is -0.435. The summed E-state index contributed by atoms with van der Waals surface area (Å²) >= 11 is 0. The number of nitrogens with one attached hydrogen (secondary N) is 1. The van der Waals surface area contributed by atoms with Crippen LogP contribution in [-0.2, 0) is 17.8 Å². The van der Waals surface area contributed by atoms with Crippen molar-refractivity contribution in [3.8, 4) is 0 Å². The molecule has 116 valence electrons. The number of benzene rings is 2. The van der Waals surface area contributed by atoms with E-state index in [0.29, 0.717) is 13.0 Å².